The largest absolute Gasteiger partial charge is 0.335 e. The molecule has 0 fully saturated rings. The lowest BCUT2D eigenvalue weighted by atomic mass is 10.1. The molecule has 0 spiro atoms. The summed E-state index contributed by atoms with van der Waals surface area (Å²) in [6.07, 6.45) is 0. The highest BCUT2D eigenvalue weighted by Gasteiger charge is 2.21. The molecule has 9 heteroatoms. The van der Waals surface area contributed by atoms with Crippen LogP contribution in [0.2, 0.25) is 5.02 Å². The van der Waals surface area contributed by atoms with Crippen LogP contribution in [-0.2, 0) is 4.79 Å². The Morgan fingerprint density at radius 1 is 1.10 bits per heavy atom. The Morgan fingerprint density at radius 3 is 2.52 bits per heavy atom. The van der Waals surface area contributed by atoms with Crippen molar-refractivity contribution < 1.29 is 14.1 Å². The first-order valence-corrected chi connectivity index (χ1v) is 10.7. The monoisotopic (exact) mass is 454 g/mol. The summed E-state index contributed by atoms with van der Waals surface area (Å²) in [6.45, 7) is 7.21. The molecular weight excluding hydrogens is 436 g/mol. The Hall–Kier alpha value is -3.23. The molecule has 4 aromatic rings. The molecule has 158 valence electrons. The van der Waals surface area contributed by atoms with Crippen molar-refractivity contribution >= 4 is 57.2 Å². The number of carbonyl (C=O) groups is 2. The van der Waals surface area contributed by atoms with Gasteiger partial charge in [-0.05, 0) is 51.1 Å². The van der Waals surface area contributed by atoms with Crippen molar-refractivity contribution in [1.29, 1.82) is 0 Å². The van der Waals surface area contributed by atoms with E-state index in [-0.39, 0.29) is 11.8 Å². The predicted molar refractivity (Wildman–Crippen MR) is 123 cm³/mol. The predicted octanol–water partition coefficient (Wildman–Crippen LogP) is 5.74. The number of nitrogens with one attached hydrogen (secondary N) is 2. The van der Waals surface area contributed by atoms with Gasteiger partial charge in [-0.1, -0.05) is 16.8 Å². The summed E-state index contributed by atoms with van der Waals surface area (Å²) >= 11 is 7.90. The molecule has 1 aromatic carbocycles. The Morgan fingerprint density at radius 2 is 1.87 bits per heavy atom. The highest BCUT2D eigenvalue weighted by Crippen LogP contribution is 2.33. The SMILES string of the molecule is CC(=O)Nc1ccc(NC(=O)c2cc(-c3cc(C)sc3C)nc3onc(C)c23)cc1Cl. The molecule has 0 aliphatic heterocycles. The van der Waals surface area contributed by atoms with E-state index in [2.05, 4.69) is 20.8 Å². The summed E-state index contributed by atoms with van der Waals surface area (Å²) in [5.74, 6) is -0.569. The van der Waals surface area contributed by atoms with Crippen LogP contribution in [-0.4, -0.2) is 22.0 Å². The van der Waals surface area contributed by atoms with E-state index in [0.717, 1.165) is 15.3 Å². The van der Waals surface area contributed by atoms with Gasteiger partial charge in [-0.3, -0.25) is 9.59 Å². The number of halogens is 1. The second kappa shape index (κ2) is 8.13. The van der Waals surface area contributed by atoms with Gasteiger partial charge in [-0.15, -0.1) is 11.3 Å². The van der Waals surface area contributed by atoms with Crippen LogP contribution in [0.4, 0.5) is 11.4 Å². The van der Waals surface area contributed by atoms with Crippen LogP contribution in [0.5, 0.6) is 0 Å². The van der Waals surface area contributed by atoms with Crippen molar-refractivity contribution in [3.8, 4) is 11.3 Å². The highest BCUT2D eigenvalue weighted by molar-refractivity contribution is 7.12. The van der Waals surface area contributed by atoms with Gasteiger partial charge in [0.05, 0.1) is 33.0 Å². The Kier molecular flexibility index (Phi) is 5.51. The van der Waals surface area contributed by atoms with Crippen molar-refractivity contribution in [2.24, 2.45) is 0 Å². The molecule has 3 aromatic heterocycles. The van der Waals surface area contributed by atoms with Crippen molar-refractivity contribution in [3.05, 3.63) is 56.4 Å². The van der Waals surface area contributed by atoms with Crippen LogP contribution in [0.25, 0.3) is 22.4 Å². The van der Waals surface area contributed by atoms with Crippen LogP contribution in [0.15, 0.2) is 34.9 Å². The third-order valence-electron chi connectivity index (χ3n) is 4.72. The zero-order chi connectivity index (χ0) is 22.3. The van der Waals surface area contributed by atoms with Crippen LogP contribution in [0.3, 0.4) is 0 Å². The standard InChI is InChI=1S/C22H19ClN4O3S/c1-10-7-15(12(3)31-10)19-9-16(20-11(2)27-30-22(20)26-19)21(29)25-14-5-6-18(17(23)8-14)24-13(4)28/h5-9H,1-4H3,(H,24,28)(H,25,29). The van der Waals surface area contributed by atoms with E-state index >= 15 is 0 Å². The summed E-state index contributed by atoms with van der Waals surface area (Å²) in [5, 5.41) is 10.4. The number of amides is 2. The zero-order valence-corrected chi connectivity index (χ0v) is 18.9. The van der Waals surface area contributed by atoms with Gasteiger partial charge in [0.1, 0.15) is 0 Å². The first kappa shape index (κ1) is 21.0. The third-order valence-corrected chi connectivity index (χ3v) is 5.99. The van der Waals surface area contributed by atoms with Gasteiger partial charge in [0.2, 0.25) is 5.91 Å². The molecule has 2 N–H and O–H groups in total. The Bertz CT molecular complexity index is 1340. The van der Waals surface area contributed by atoms with Gasteiger partial charge in [0, 0.05) is 27.9 Å². The molecule has 0 radical (unpaired) electrons. The van der Waals surface area contributed by atoms with Crippen LogP contribution < -0.4 is 10.6 Å². The summed E-state index contributed by atoms with van der Waals surface area (Å²) in [4.78, 5) is 31.3. The lowest BCUT2D eigenvalue weighted by Crippen LogP contribution is -2.13. The maximum Gasteiger partial charge on any atom is 0.259 e. The van der Waals surface area contributed by atoms with E-state index in [1.54, 1.807) is 42.5 Å². The first-order valence-electron chi connectivity index (χ1n) is 9.46. The second-order valence-electron chi connectivity index (χ2n) is 7.16. The quantitative estimate of drug-likeness (QED) is 0.409. The normalized spacial score (nSPS) is 11.0. The van der Waals surface area contributed by atoms with E-state index in [1.165, 1.54) is 6.92 Å². The number of nitrogens with zero attached hydrogens (tertiary/aromatic N) is 2. The third kappa shape index (κ3) is 4.17. The summed E-state index contributed by atoms with van der Waals surface area (Å²) in [5.41, 5.74) is 3.86. The van der Waals surface area contributed by atoms with Crippen LogP contribution >= 0.6 is 22.9 Å². The van der Waals surface area contributed by atoms with E-state index in [1.807, 2.05) is 19.9 Å². The van der Waals surface area contributed by atoms with Gasteiger partial charge in [0.25, 0.3) is 11.6 Å². The number of carbonyl (C=O) groups excluding carboxylic acids is 2. The van der Waals surface area contributed by atoms with E-state index in [0.29, 0.717) is 44.4 Å². The fourth-order valence-electron chi connectivity index (χ4n) is 3.38. The number of pyridine rings is 1. The molecule has 0 aliphatic rings. The molecule has 31 heavy (non-hydrogen) atoms. The number of hydrogen-bond donors (Lipinski definition) is 2. The summed E-state index contributed by atoms with van der Waals surface area (Å²) in [7, 11) is 0. The van der Waals surface area contributed by atoms with E-state index < -0.39 is 0 Å². The molecule has 4 rings (SSSR count). The minimum atomic E-state index is -0.340. The molecule has 0 saturated carbocycles. The fourth-order valence-corrected chi connectivity index (χ4v) is 4.54. The van der Waals surface area contributed by atoms with Gasteiger partial charge in [-0.2, -0.15) is 0 Å². The average molecular weight is 455 g/mol. The maximum atomic E-state index is 13.2. The van der Waals surface area contributed by atoms with Gasteiger partial charge >= 0.3 is 0 Å². The number of benzene rings is 1. The molecule has 0 saturated heterocycles. The molecular formula is C22H19ClN4O3S. The molecule has 0 atom stereocenters. The molecule has 0 bridgehead atoms. The Balaban J connectivity index is 1.74. The lowest BCUT2D eigenvalue weighted by Gasteiger charge is -2.10. The van der Waals surface area contributed by atoms with Crippen molar-refractivity contribution in [2.75, 3.05) is 10.6 Å². The van der Waals surface area contributed by atoms with Gasteiger partial charge in [0.15, 0.2) is 0 Å². The number of hydrogen-bond acceptors (Lipinski definition) is 6. The first-order chi connectivity index (χ1) is 14.7. The summed E-state index contributed by atoms with van der Waals surface area (Å²) < 4.78 is 5.37. The van der Waals surface area contributed by atoms with Crippen molar-refractivity contribution in [2.45, 2.75) is 27.7 Å². The molecule has 0 aliphatic carbocycles. The second-order valence-corrected chi connectivity index (χ2v) is 9.03. The van der Waals surface area contributed by atoms with Gasteiger partial charge in [-0.25, -0.2) is 4.98 Å². The van der Waals surface area contributed by atoms with Crippen molar-refractivity contribution in [1.82, 2.24) is 10.1 Å². The molecule has 3 heterocycles. The minimum Gasteiger partial charge on any atom is -0.335 e. The Labute approximate surface area is 187 Å². The average Bonchev–Trinajstić information content (AvgIpc) is 3.24. The number of rotatable bonds is 4. The number of fused-ring (bicyclic) bond motifs is 1. The topological polar surface area (TPSA) is 97.1 Å². The molecule has 0 unspecified atom stereocenters. The number of aromatic nitrogens is 2. The minimum absolute atomic E-state index is 0.229. The van der Waals surface area contributed by atoms with Crippen LogP contribution in [0, 0.1) is 20.8 Å². The van der Waals surface area contributed by atoms with Crippen molar-refractivity contribution in [3.63, 3.8) is 0 Å². The number of aryl methyl sites for hydroxylation is 3. The highest BCUT2D eigenvalue weighted by atomic mass is 35.5. The van der Waals surface area contributed by atoms with Crippen LogP contribution in [0.1, 0.15) is 32.7 Å². The zero-order valence-electron chi connectivity index (χ0n) is 17.3. The number of anilines is 2. The fraction of sp³-hybridized carbons (Fsp3) is 0.182. The molecule has 2 amide bonds. The van der Waals surface area contributed by atoms with Gasteiger partial charge < -0.3 is 15.2 Å². The lowest BCUT2D eigenvalue weighted by molar-refractivity contribution is -0.114. The maximum absolute atomic E-state index is 13.2. The van der Waals surface area contributed by atoms with E-state index in [4.69, 9.17) is 16.1 Å². The molecule has 7 nitrogen and oxygen atoms in total. The number of thiophene rings is 1. The summed E-state index contributed by atoms with van der Waals surface area (Å²) in [6, 6.07) is 8.68. The smallest absolute Gasteiger partial charge is 0.259 e. The van der Waals surface area contributed by atoms with E-state index in [9.17, 15) is 9.59 Å².